The van der Waals surface area contributed by atoms with Crippen molar-refractivity contribution >= 4 is 11.8 Å². The lowest BCUT2D eigenvalue weighted by atomic mass is 10.0. The summed E-state index contributed by atoms with van der Waals surface area (Å²) in [6.07, 6.45) is -0.329. The van der Waals surface area contributed by atoms with Gasteiger partial charge < -0.3 is 19.4 Å². The van der Waals surface area contributed by atoms with E-state index in [1.807, 2.05) is 0 Å². The van der Waals surface area contributed by atoms with Gasteiger partial charge >= 0.3 is 0 Å². The zero-order chi connectivity index (χ0) is 19.6. The number of carbonyl (C=O) groups is 2. The molecule has 0 bridgehead atoms. The first-order chi connectivity index (χ1) is 12.9. The van der Waals surface area contributed by atoms with Crippen molar-refractivity contribution in [3.05, 3.63) is 41.4 Å². The fraction of sp³-hybridized carbons (Fsp3) is 0.421. The van der Waals surface area contributed by atoms with E-state index >= 15 is 0 Å². The number of rotatable bonds is 3. The number of benzene rings is 1. The summed E-state index contributed by atoms with van der Waals surface area (Å²) >= 11 is 0. The molecule has 1 aliphatic rings. The molecule has 1 saturated heterocycles. The molecule has 2 amide bonds. The number of halogens is 1. The third-order valence-corrected chi connectivity index (χ3v) is 4.69. The van der Waals surface area contributed by atoms with Crippen LogP contribution in [0.2, 0.25) is 0 Å². The molecule has 1 atom stereocenters. The molecule has 0 saturated carbocycles. The zero-order valence-corrected chi connectivity index (χ0v) is 15.3. The summed E-state index contributed by atoms with van der Waals surface area (Å²) in [7, 11) is 0. The minimum atomic E-state index is -0.990. The molecule has 8 heteroatoms. The first-order valence-electron chi connectivity index (χ1n) is 8.87. The molecule has 1 unspecified atom stereocenters. The van der Waals surface area contributed by atoms with Crippen molar-refractivity contribution in [2.75, 3.05) is 26.2 Å². The topological polar surface area (TPSA) is 86.9 Å². The Kier molecular flexibility index (Phi) is 5.55. The van der Waals surface area contributed by atoms with Crippen molar-refractivity contribution in [3.8, 4) is 11.3 Å². The summed E-state index contributed by atoms with van der Waals surface area (Å²) in [5.41, 5.74) is 1.14. The molecule has 2 heterocycles. The second kappa shape index (κ2) is 7.87. The Hall–Kier alpha value is -2.74. The van der Waals surface area contributed by atoms with E-state index in [1.165, 1.54) is 38.1 Å². The molecule has 0 spiro atoms. The van der Waals surface area contributed by atoms with Crippen LogP contribution in [0.4, 0.5) is 4.39 Å². The van der Waals surface area contributed by atoms with Gasteiger partial charge in [0.1, 0.15) is 11.5 Å². The molecule has 1 aromatic heterocycles. The van der Waals surface area contributed by atoms with Crippen LogP contribution in [0, 0.1) is 5.82 Å². The molecule has 1 N–H and O–H groups in total. The number of hydrogen-bond donors (Lipinski definition) is 1. The molecule has 1 fully saturated rings. The minimum absolute atomic E-state index is 0.0211. The number of aliphatic hydroxyl groups is 1. The highest BCUT2D eigenvalue weighted by Crippen LogP contribution is 2.31. The third kappa shape index (κ3) is 4.00. The van der Waals surface area contributed by atoms with Crippen LogP contribution in [0.25, 0.3) is 11.3 Å². The van der Waals surface area contributed by atoms with E-state index in [2.05, 4.69) is 5.16 Å². The van der Waals surface area contributed by atoms with E-state index in [9.17, 15) is 19.1 Å². The van der Waals surface area contributed by atoms with Crippen LogP contribution in [0.3, 0.4) is 0 Å². The van der Waals surface area contributed by atoms with E-state index in [0.29, 0.717) is 43.9 Å². The maximum absolute atomic E-state index is 13.2. The van der Waals surface area contributed by atoms with Gasteiger partial charge in [0.15, 0.2) is 0 Å². The number of aliphatic hydroxyl groups excluding tert-OH is 1. The average molecular weight is 375 g/mol. The SMILES string of the molecule is CC(=O)N1CCCN(C(=O)c2onc(-c3ccc(F)cc3)c2C(C)O)CC1. The second-order valence-electron chi connectivity index (χ2n) is 6.61. The molecule has 1 aromatic carbocycles. The molecule has 1 aliphatic heterocycles. The summed E-state index contributed by atoms with van der Waals surface area (Å²) in [4.78, 5) is 27.8. The molecule has 2 aromatic rings. The Balaban J connectivity index is 1.89. The van der Waals surface area contributed by atoms with Crippen LogP contribution in [-0.2, 0) is 4.79 Å². The van der Waals surface area contributed by atoms with Gasteiger partial charge in [-0.1, -0.05) is 5.16 Å². The zero-order valence-electron chi connectivity index (χ0n) is 15.3. The van der Waals surface area contributed by atoms with Crippen molar-refractivity contribution in [2.24, 2.45) is 0 Å². The lowest BCUT2D eigenvalue weighted by Gasteiger charge is -2.21. The summed E-state index contributed by atoms with van der Waals surface area (Å²) in [6, 6.07) is 5.60. The van der Waals surface area contributed by atoms with Gasteiger partial charge in [0.2, 0.25) is 11.7 Å². The van der Waals surface area contributed by atoms with Gasteiger partial charge in [-0.05, 0) is 37.6 Å². The smallest absolute Gasteiger partial charge is 0.292 e. The predicted molar refractivity (Wildman–Crippen MR) is 95.3 cm³/mol. The fourth-order valence-corrected chi connectivity index (χ4v) is 3.23. The van der Waals surface area contributed by atoms with Crippen LogP contribution in [-0.4, -0.2) is 58.1 Å². The Morgan fingerprint density at radius 2 is 1.78 bits per heavy atom. The van der Waals surface area contributed by atoms with Gasteiger partial charge in [-0.25, -0.2) is 4.39 Å². The monoisotopic (exact) mass is 375 g/mol. The third-order valence-electron chi connectivity index (χ3n) is 4.69. The molecule has 7 nitrogen and oxygen atoms in total. The maximum Gasteiger partial charge on any atom is 0.292 e. The standard InChI is InChI=1S/C19H22FN3O4/c1-12(24)16-17(14-4-6-15(20)7-5-14)21-27-18(16)19(26)23-9-3-8-22(10-11-23)13(2)25/h4-7,12,24H,3,8-11H2,1-2H3. The van der Waals surface area contributed by atoms with Crippen LogP contribution in [0.1, 0.15) is 42.5 Å². The van der Waals surface area contributed by atoms with Crippen molar-refractivity contribution in [1.29, 1.82) is 0 Å². The normalized spacial score (nSPS) is 16.1. The number of hydrogen-bond acceptors (Lipinski definition) is 5. The van der Waals surface area contributed by atoms with Gasteiger partial charge in [0.05, 0.1) is 11.7 Å². The highest BCUT2D eigenvalue weighted by molar-refractivity contribution is 5.94. The molecule has 144 valence electrons. The molecule has 0 radical (unpaired) electrons. The first-order valence-corrected chi connectivity index (χ1v) is 8.87. The van der Waals surface area contributed by atoms with Gasteiger partial charge in [-0.15, -0.1) is 0 Å². The van der Waals surface area contributed by atoms with Gasteiger partial charge in [-0.3, -0.25) is 9.59 Å². The van der Waals surface area contributed by atoms with Crippen LogP contribution >= 0.6 is 0 Å². The number of nitrogens with zero attached hydrogens (tertiary/aromatic N) is 3. The Labute approximate surface area is 156 Å². The molecular weight excluding hydrogens is 353 g/mol. The van der Waals surface area contributed by atoms with E-state index in [0.717, 1.165) is 0 Å². The second-order valence-corrected chi connectivity index (χ2v) is 6.61. The molecule has 27 heavy (non-hydrogen) atoms. The minimum Gasteiger partial charge on any atom is -0.388 e. The maximum atomic E-state index is 13.2. The largest absolute Gasteiger partial charge is 0.388 e. The lowest BCUT2D eigenvalue weighted by Crippen LogP contribution is -2.36. The van der Waals surface area contributed by atoms with Crippen LogP contribution in [0.15, 0.2) is 28.8 Å². The summed E-state index contributed by atoms with van der Waals surface area (Å²) in [6.45, 7) is 4.94. The number of amides is 2. The number of aromatic nitrogens is 1. The van der Waals surface area contributed by atoms with E-state index in [1.54, 1.807) is 9.80 Å². The quantitative estimate of drug-likeness (QED) is 0.889. The van der Waals surface area contributed by atoms with Crippen molar-refractivity contribution in [3.63, 3.8) is 0 Å². The number of carbonyl (C=O) groups excluding carboxylic acids is 2. The highest BCUT2D eigenvalue weighted by atomic mass is 19.1. The summed E-state index contributed by atoms with van der Waals surface area (Å²) in [5, 5.41) is 14.2. The Morgan fingerprint density at radius 1 is 1.15 bits per heavy atom. The summed E-state index contributed by atoms with van der Waals surface area (Å²) in [5.74, 6) is -0.818. The predicted octanol–water partition coefficient (Wildman–Crippen LogP) is 2.23. The van der Waals surface area contributed by atoms with E-state index in [4.69, 9.17) is 4.52 Å². The van der Waals surface area contributed by atoms with E-state index < -0.39 is 11.9 Å². The van der Waals surface area contributed by atoms with Crippen LogP contribution < -0.4 is 0 Å². The fourth-order valence-electron chi connectivity index (χ4n) is 3.23. The molecule has 0 aliphatic carbocycles. The highest BCUT2D eigenvalue weighted by Gasteiger charge is 2.30. The van der Waals surface area contributed by atoms with Gasteiger partial charge in [-0.2, -0.15) is 0 Å². The first kappa shape index (κ1) is 19.0. The molecule has 3 rings (SSSR count). The van der Waals surface area contributed by atoms with E-state index in [-0.39, 0.29) is 23.1 Å². The Morgan fingerprint density at radius 3 is 2.41 bits per heavy atom. The summed E-state index contributed by atoms with van der Waals surface area (Å²) < 4.78 is 18.5. The van der Waals surface area contributed by atoms with Crippen LogP contribution in [0.5, 0.6) is 0 Å². The Bertz CT molecular complexity index is 832. The van der Waals surface area contributed by atoms with Crippen molar-refractivity contribution in [1.82, 2.24) is 15.0 Å². The van der Waals surface area contributed by atoms with Gasteiger partial charge in [0.25, 0.3) is 5.91 Å². The van der Waals surface area contributed by atoms with Crippen molar-refractivity contribution < 1.29 is 23.6 Å². The lowest BCUT2D eigenvalue weighted by molar-refractivity contribution is -0.128. The van der Waals surface area contributed by atoms with Crippen molar-refractivity contribution in [2.45, 2.75) is 26.4 Å². The van der Waals surface area contributed by atoms with Gasteiger partial charge in [0, 0.05) is 38.7 Å². The molecular formula is C19H22FN3O4. The average Bonchev–Trinajstić information content (AvgIpc) is 2.92.